The normalized spacial score (nSPS) is 27.9. The van der Waals surface area contributed by atoms with E-state index >= 15 is 0 Å². The number of likely N-dealkylation sites (tertiary alicyclic amines) is 1. The van der Waals surface area contributed by atoms with Crippen LogP contribution in [0.4, 0.5) is 5.69 Å². The highest BCUT2D eigenvalue weighted by molar-refractivity contribution is 6.30. The molecule has 1 aromatic rings. The van der Waals surface area contributed by atoms with Crippen LogP contribution in [0.25, 0.3) is 0 Å². The molecule has 4 rings (SSSR count). The number of rotatable bonds is 13. The fourth-order valence-corrected chi connectivity index (χ4v) is 6.69. The topological polar surface area (TPSA) is 96.4 Å². The molecule has 1 N–H and O–H groups in total. The lowest BCUT2D eigenvalue weighted by Crippen LogP contribution is -2.59. The number of anilines is 1. The molecular formula is C30H39ClN2O6. The van der Waals surface area contributed by atoms with E-state index in [-0.39, 0.29) is 37.5 Å². The maximum atomic E-state index is 14.5. The van der Waals surface area contributed by atoms with E-state index < -0.39 is 41.6 Å². The molecule has 3 aliphatic heterocycles. The highest BCUT2D eigenvalue weighted by Gasteiger charge is 2.75. The van der Waals surface area contributed by atoms with Gasteiger partial charge in [-0.1, -0.05) is 37.6 Å². The van der Waals surface area contributed by atoms with E-state index in [0.29, 0.717) is 42.8 Å². The molecular weight excluding hydrogens is 520 g/mol. The van der Waals surface area contributed by atoms with Crippen molar-refractivity contribution in [3.05, 3.63) is 54.6 Å². The molecule has 0 aliphatic carbocycles. The largest absolute Gasteiger partial charge is 0.465 e. The lowest BCUT2D eigenvalue weighted by molar-refractivity contribution is -0.156. The molecule has 8 nitrogen and oxygen atoms in total. The van der Waals surface area contributed by atoms with Crippen LogP contribution >= 0.6 is 11.6 Å². The van der Waals surface area contributed by atoms with Crippen LogP contribution in [0.1, 0.15) is 46.0 Å². The Labute approximate surface area is 235 Å². The summed E-state index contributed by atoms with van der Waals surface area (Å²) in [5.74, 6) is -2.63. The maximum absolute atomic E-state index is 14.5. The number of esters is 1. The van der Waals surface area contributed by atoms with Crippen LogP contribution in [0.2, 0.25) is 5.02 Å². The van der Waals surface area contributed by atoms with Crippen LogP contribution in [-0.2, 0) is 23.9 Å². The van der Waals surface area contributed by atoms with Crippen LogP contribution < -0.4 is 4.90 Å². The second-order valence-electron chi connectivity index (χ2n) is 11.1. The molecule has 0 radical (unpaired) electrons. The predicted octanol–water partition coefficient (Wildman–Crippen LogP) is 4.15. The summed E-state index contributed by atoms with van der Waals surface area (Å²) in [6, 6.07) is 5.27. The third-order valence-electron chi connectivity index (χ3n) is 8.10. The lowest BCUT2D eigenvalue weighted by Gasteiger charge is -2.39. The Morgan fingerprint density at radius 3 is 2.62 bits per heavy atom. The van der Waals surface area contributed by atoms with Gasteiger partial charge in [0.2, 0.25) is 5.91 Å². The lowest BCUT2D eigenvalue weighted by atomic mass is 9.70. The highest BCUT2D eigenvalue weighted by Crippen LogP contribution is 2.59. The van der Waals surface area contributed by atoms with Gasteiger partial charge in [0.05, 0.1) is 37.2 Å². The summed E-state index contributed by atoms with van der Waals surface area (Å²) in [6.45, 7) is 11.6. The van der Waals surface area contributed by atoms with Crippen molar-refractivity contribution in [1.29, 1.82) is 0 Å². The minimum Gasteiger partial charge on any atom is -0.465 e. The maximum Gasteiger partial charge on any atom is 0.312 e. The van der Waals surface area contributed by atoms with Crippen molar-refractivity contribution >= 4 is 35.1 Å². The number of ether oxygens (including phenoxy) is 2. The van der Waals surface area contributed by atoms with Crippen molar-refractivity contribution in [3.63, 3.8) is 0 Å². The Morgan fingerprint density at radius 1 is 1.28 bits per heavy atom. The van der Waals surface area contributed by atoms with Gasteiger partial charge in [0.1, 0.15) is 11.6 Å². The zero-order valence-corrected chi connectivity index (χ0v) is 23.5. The Bertz CT molecular complexity index is 1090. The molecule has 9 heteroatoms. The molecule has 1 spiro atoms. The van der Waals surface area contributed by atoms with Gasteiger partial charge < -0.3 is 24.4 Å². The number of allylic oxidation sites excluding steroid dienone is 1. The first-order valence-corrected chi connectivity index (χ1v) is 14.1. The quantitative estimate of drug-likeness (QED) is 0.222. The zero-order chi connectivity index (χ0) is 28.3. The molecule has 1 aromatic carbocycles. The van der Waals surface area contributed by atoms with Crippen LogP contribution in [0.15, 0.2) is 49.6 Å². The molecule has 0 aromatic heterocycles. The predicted molar refractivity (Wildman–Crippen MR) is 149 cm³/mol. The van der Waals surface area contributed by atoms with Gasteiger partial charge in [0.15, 0.2) is 0 Å². The fourth-order valence-electron chi connectivity index (χ4n) is 6.57. The molecule has 6 atom stereocenters. The summed E-state index contributed by atoms with van der Waals surface area (Å²) in [5, 5.41) is 11.0. The average molecular weight is 559 g/mol. The molecule has 3 aliphatic rings. The number of hydrogen-bond acceptors (Lipinski definition) is 6. The molecule has 2 unspecified atom stereocenters. The standard InChI is InChI=1S/C30H39ClN2O6/c1-5-7-8-16-38-29(37)24-23-13-14-30(39-23)25(24)27(35)33(22(18-34)17-19(3)4)26(30)28(36)32(15-6-2)21-11-9-20(31)10-12-21/h5-6,9-12,19,22-26,34H,1-2,7-8,13-18H2,3-4H3/t22-,23+,24-,25+,26?,30?/m1/s1. The van der Waals surface area contributed by atoms with E-state index in [1.54, 1.807) is 41.3 Å². The van der Waals surface area contributed by atoms with Gasteiger partial charge in [-0.15, -0.1) is 13.2 Å². The van der Waals surface area contributed by atoms with Crippen LogP contribution in [-0.4, -0.2) is 71.3 Å². The minimum absolute atomic E-state index is 0.159. The second-order valence-corrected chi connectivity index (χ2v) is 11.5. The second kappa shape index (κ2) is 12.2. The number of hydrogen-bond donors (Lipinski definition) is 1. The van der Waals surface area contributed by atoms with E-state index in [0.717, 1.165) is 0 Å². The van der Waals surface area contributed by atoms with Crippen LogP contribution in [0, 0.1) is 17.8 Å². The van der Waals surface area contributed by atoms with Crippen LogP contribution in [0.3, 0.4) is 0 Å². The number of nitrogens with zero attached hydrogens (tertiary/aromatic N) is 2. The van der Waals surface area contributed by atoms with Crippen LogP contribution in [0.5, 0.6) is 0 Å². The first kappa shape index (κ1) is 29.3. The molecule has 0 saturated carbocycles. The summed E-state index contributed by atoms with van der Waals surface area (Å²) in [5.41, 5.74) is -0.577. The van der Waals surface area contributed by atoms with E-state index in [9.17, 15) is 19.5 Å². The Morgan fingerprint density at radius 2 is 2.00 bits per heavy atom. The van der Waals surface area contributed by atoms with Crippen molar-refractivity contribution in [2.75, 3.05) is 24.7 Å². The summed E-state index contributed by atoms with van der Waals surface area (Å²) in [4.78, 5) is 45.1. The van der Waals surface area contributed by atoms with E-state index in [1.165, 1.54) is 4.90 Å². The number of amides is 2. The molecule has 3 fully saturated rings. The third kappa shape index (κ3) is 5.39. The molecule has 3 saturated heterocycles. The van der Waals surface area contributed by atoms with E-state index in [1.807, 2.05) is 13.8 Å². The van der Waals surface area contributed by atoms with Gasteiger partial charge in [0, 0.05) is 17.3 Å². The van der Waals surface area contributed by atoms with Crippen molar-refractivity contribution in [1.82, 2.24) is 4.90 Å². The summed E-state index contributed by atoms with van der Waals surface area (Å²) in [7, 11) is 0. The average Bonchev–Trinajstić information content (AvgIpc) is 3.56. The number of halogens is 1. The minimum atomic E-state index is -1.18. The van der Waals surface area contributed by atoms with Crippen molar-refractivity contribution in [3.8, 4) is 0 Å². The number of fused-ring (bicyclic) bond motifs is 1. The SMILES string of the molecule is C=CCCCOC(=O)[C@@H]1[C@@H]2CCC3(O2)C(C(=O)N(CC=C)c2ccc(Cl)cc2)N([C@@H](CO)CC(C)C)C(=O)[C@H]13. The monoisotopic (exact) mass is 558 g/mol. The van der Waals surface area contributed by atoms with Gasteiger partial charge in [-0.2, -0.15) is 0 Å². The first-order valence-electron chi connectivity index (χ1n) is 13.8. The van der Waals surface area contributed by atoms with Crippen molar-refractivity contribution < 1.29 is 29.0 Å². The van der Waals surface area contributed by atoms with Gasteiger partial charge in [-0.3, -0.25) is 14.4 Å². The van der Waals surface area contributed by atoms with E-state index in [4.69, 9.17) is 21.1 Å². The molecule has 39 heavy (non-hydrogen) atoms. The number of benzene rings is 1. The summed E-state index contributed by atoms with van der Waals surface area (Å²) in [6.07, 6.45) is 5.75. The Kier molecular flexibility index (Phi) is 9.19. The fraction of sp³-hybridized carbons (Fsp3) is 0.567. The van der Waals surface area contributed by atoms with Gasteiger partial charge in [-0.25, -0.2) is 0 Å². The number of aliphatic hydroxyl groups is 1. The zero-order valence-electron chi connectivity index (χ0n) is 22.8. The first-order chi connectivity index (χ1) is 18.7. The summed E-state index contributed by atoms with van der Waals surface area (Å²) >= 11 is 6.10. The molecule has 2 amide bonds. The van der Waals surface area contributed by atoms with Crippen molar-refractivity contribution in [2.24, 2.45) is 17.8 Å². The Balaban J connectivity index is 1.75. The Hall–Kier alpha value is -2.68. The van der Waals surface area contributed by atoms with Gasteiger partial charge >= 0.3 is 5.97 Å². The number of aliphatic hydroxyl groups excluding tert-OH is 1. The summed E-state index contributed by atoms with van der Waals surface area (Å²) < 4.78 is 12.1. The smallest absolute Gasteiger partial charge is 0.312 e. The van der Waals surface area contributed by atoms with E-state index in [2.05, 4.69) is 13.2 Å². The number of carbonyl (C=O) groups is 3. The molecule has 2 bridgehead atoms. The third-order valence-corrected chi connectivity index (χ3v) is 8.36. The van der Waals surface area contributed by atoms with Gasteiger partial charge in [-0.05, 0) is 62.3 Å². The number of unbranched alkanes of at least 4 members (excludes halogenated alkanes) is 1. The highest BCUT2D eigenvalue weighted by atomic mass is 35.5. The molecule has 212 valence electrons. The number of carbonyl (C=O) groups excluding carboxylic acids is 3. The molecule has 3 heterocycles. The van der Waals surface area contributed by atoms with Gasteiger partial charge in [0.25, 0.3) is 5.91 Å². The van der Waals surface area contributed by atoms with Crippen molar-refractivity contribution in [2.45, 2.75) is 69.7 Å².